The van der Waals surface area contributed by atoms with Crippen molar-refractivity contribution in [3.63, 3.8) is 0 Å². The Hall–Kier alpha value is -0.710. The van der Waals surface area contributed by atoms with Gasteiger partial charge < -0.3 is 0 Å². The Kier molecular flexibility index (Phi) is 3.04. The second-order valence-electron chi connectivity index (χ2n) is 4.35. The van der Waals surface area contributed by atoms with Crippen LogP contribution < -0.4 is 5.56 Å². The van der Waals surface area contributed by atoms with Gasteiger partial charge in [-0.1, -0.05) is 23.2 Å². The zero-order valence-electron chi connectivity index (χ0n) is 9.21. The van der Waals surface area contributed by atoms with Gasteiger partial charge in [0.05, 0.1) is 21.4 Å². The van der Waals surface area contributed by atoms with Gasteiger partial charge >= 0.3 is 0 Å². The van der Waals surface area contributed by atoms with Crippen molar-refractivity contribution < 1.29 is 0 Å². The van der Waals surface area contributed by atoms with Crippen molar-refractivity contribution in [3.8, 4) is 5.69 Å². The first-order valence-corrected chi connectivity index (χ1v) is 7.08. The molecule has 1 aromatic heterocycles. The first kappa shape index (κ1) is 12.3. The third-order valence-electron chi connectivity index (χ3n) is 3.01. The van der Waals surface area contributed by atoms with E-state index in [9.17, 15) is 4.79 Å². The maximum atomic E-state index is 12.1. The van der Waals surface area contributed by atoms with E-state index in [1.54, 1.807) is 18.2 Å². The first-order chi connectivity index (χ1) is 8.58. The Morgan fingerprint density at radius 1 is 1.28 bits per heavy atom. The number of nitrogens with one attached hydrogen (secondary N) is 1. The van der Waals surface area contributed by atoms with Gasteiger partial charge in [0.2, 0.25) is 0 Å². The van der Waals surface area contributed by atoms with Crippen LogP contribution in [-0.4, -0.2) is 9.78 Å². The molecule has 18 heavy (non-hydrogen) atoms. The maximum absolute atomic E-state index is 12.1. The smallest absolute Gasteiger partial charge is 0.285 e. The van der Waals surface area contributed by atoms with Crippen molar-refractivity contribution in [2.45, 2.75) is 18.8 Å². The number of nitrogens with zero attached hydrogens (tertiary/aromatic N) is 1. The maximum Gasteiger partial charge on any atom is 0.285 e. The van der Waals surface area contributed by atoms with Crippen LogP contribution in [0.25, 0.3) is 5.69 Å². The molecule has 0 unspecified atom stereocenters. The van der Waals surface area contributed by atoms with Crippen molar-refractivity contribution in [3.05, 3.63) is 48.8 Å². The molecule has 94 valence electrons. The normalized spacial score (nSPS) is 15.1. The number of hydrogen-bond donors (Lipinski definition) is 1. The third kappa shape index (κ3) is 2.02. The molecule has 1 N–H and O–H groups in total. The van der Waals surface area contributed by atoms with Crippen LogP contribution in [0.5, 0.6) is 0 Å². The lowest BCUT2D eigenvalue weighted by Crippen LogP contribution is -2.14. The molecule has 1 aromatic carbocycles. The molecule has 0 aliphatic heterocycles. The lowest BCUT2D eigenvalue weighted by atomic mass is 10.3. The number of rotatable bonds is 2. The number of benzene rings is 1. The molecule has 0 bridgehead atoms. The number of aromatic nitrogens is 2. The van der Waals surface area contributed by atoms with Gasteiger partial charge in [-0.2, -0.15) is 0 Å². The fourth-order valence-electron chi connectivity index (χ4n) is 1.88. The summed E-state index contributed by atoms with van der Waals surface area (Å²) in [5.74, 6) is 0.469. The molecule has 0 saturated heterocycles. The van der Waals surface area contributed by atoms with Crippen molar-refractivity contribution in [2.75, 3.05) is 0 Å². The molecule has 1 saturated carbocycles. The Labute approximate surface area is 122 Å². The molecule has 3 rings (SSSR count). The molecule has 2 aromatic rings. The highest BCUT2D eigenvalue weighted by Crippen LogP contribution is 2.41. The largest absolute Gasteiger partial charge is 0.294 e. The minimum Gasteiger partial charge on any atom is -0.294 e. The van der Waals surface area contributed by atoms with Crippen molar-refractivity contribution >= 4 is 39.1 Å². The van der Waals surface area contributed by atoms with Gasteiger partial charge in [0.25, 0.3) is 5.56 Å². The van der Waals surface area contributed by atoms with Crippen molar-refractivity contribution in [1.82, 2.24) is 9.78 Å². The van der Waals surface area contributed by atoms with Crippen LogP contribution in [0.1, 0.15) is 24.5 Å². The van der Waals surface area contributed by atoms with Gasteiger partial charge in [-0.25, -0.2) is 4.68 Å². The minimum absolute atomic E-state index is 0.102. The van der Waals surface area contributed by atoms with E-state index in [0.717, 1.165) is 18.5 Å². The minimum atomic E-state index is -0.102. The molecule has 6 heteroatoms. The fourth-order valence-corrected chi connectivity index (χ4v) is 2.76. The van der Waals surface area contributed by atoms with Crippen LogP contribution in [0.2, 0.25) is 10.0 Å². The van der Waals surface area contributed by atoms with E-state index in [0.29, 0.717) is 26.1 Å². The van der Waals surface area contributed by atoms with Crippen LogP contribution >= 0.6 is 39.1 Å². The van der Waals surface area contributed by atoms with Crippen LogP contribution in [-0.2, 0) is 0 Å². The standard InChI is InChI=1S/C12H9BrCl2N2O/c13-10-11(6-1-2-6)16-17(12(10)18)7-3-4-8(14)9(15)5-7/h3-6,16H,1-2H2. The van der Waals surface area contributed by atoms with E-state index in [2.05, 4.69) is 21.0 Å². The third-order valence-corrected chi connectivity index (χ3v) is 4.51. The summed E-state index contributed by atoms with van der Waals surface area (Å²) in [6, 6.07) is 5.11. The van der Waals surface area contributed by atoms with Gasteiger partial charge in [-0.05, 0) is 47.0 Å². The van der Waals surface area contributed by atoms with E-state index in [4.69, 9.17) is 23.2 Å². The molecule has 1 heterocycles. The van der Waals surface area contributed by atoms with Gasteiger partial charge in [0, 0.05) is 5.92 Å². The van der Waals surface area contributed by atoms with E-state index < -0.39 is 0 Å². The summed E-state index contributed by atoms with van der Waals surface area (Å²) in [6.45, 7) is 0. The van der Waals surface area contributed by atoms with Gasteiger partial charge in [0.15, 0.2) is 0 Å². The number of aromatic amines is 1. The van der Waals surface area contributed by atoms with Crippen LogP contribution in [0.3, 0.4) is 0 Å². The lowest BCUT2D eigenvalue weighted by Gasteiger charge is -2.03. The average molecular weight is 348 g/mol. The molecule has 3 nitrogen and oxygen atoms in total. The van der Waals surface area contributed by atoms with E-state index in [1.165, 1.54) is 4.68 Å². The Morgan fingerprint density at radius 3 is 2.61 bits per heavy atom. The highest BCUT2D eigenvalue weighted by atomic mass is 79.9. The Morgan fingerprint density at radius 2 is 2.00 bits per heavy atom. The van der Waals surface area contributed by atoms with E-state index in [1.807, 2.05) is 0 Å². The predicted octanol–water partition coefficient (Wildman–Crippen LogP) is 4.11. The van der Waals surface area contributed by atoms with Crippen LogP contribution in [0, 0.1) is 0 Å². The summed E-state index contributed by atoms with van der Waals surface area (Å²) in [7, 11) is 0. The van der Waals surface area contributed by atoms with E-state index in [-0.39, 0.29) is 5.56 Å². The monoisotopic (exact) mass is 346 g/mol. The molecule has 1 fully saturated rings. The highest BCUT2D eigenvalue weighted by molar-refractivity contribution is 9.10. The molecule has 0 atom stereocenters. The van der Waals surface area contributed by atoms with E-state index >= 15 is 0 Å². The van der Waals surface area contributed by atoms with Crippen LogP contribution in [0.15, 0.2) is 27.5 Å². The zero-order valence-corrected chi connectivity index (χ0v) is 12.3. The topological polar surface area (TPSA) is 37.8 Å². The number of hydrogen-bond acceptors (Lipinski definition) is 1. The number of halogens is 3. The van der Waals surface area contributed by atoms with Gasteiger partial charge in [0.1, 0.15) is 4.47 Å². The quantitative estimate of drug-likeness (QED) is 0.872. The Balaban J connectivity index is 2.13. The molecule has 1 aliphatic carbocycles. The molecule has 0 spiro atoms. The second kappa shape index (κ2) is 4.44. The van der Waals surface area contributed by atoms with Gasteiger partial charge in [-0.3, -0.25) is 9.89 Å². The summed E-state index contributed by atoms with van der Waals surface area (Å²) in [6.07, 6.45) is 2.25. The average Bonchev–Trinajstić information content (AvgIpc) is 3.13. The zero-order chi connectivity index (χ0) is 12.9. The van der Waals surface area contributed by atoms with Crippen LogP contribution in [0.4, 0.5) is 0 Å². The summed E-state index contributed by atoms with van der Waals surface area (Å²) < 4.78 is 2.09. The van der Waals surface area contributed by atoms with Gasteiger partial charge in [-0.15, -0.1) is 0 Å². The highest BCUT2D eigenvalue weighted by Gasteiger charge is 2.29. The first-order valence-electron chi connectivity index (χ1n) is 5.54. The Bertz CT molecular complexity index is 673. The summed E-state index contributed by atoms with van der Waals surface area (Å²) >= 11 is 15.2. The second-order valence-corrected chi connectivity index (χ2v) is 5.96. The molecular formula is C12H9BrCl2N2O. The summed E-state index contributed by atoms with van der Waals surface area (Å²) in [4.78, 5) is 12.1. The SMILES string of the molecule is O=c1c(Br)c(C2CC2)[nH]n1-c1ccc(Cl)c(Cl)c1. The number of H-pyrrole nitrogens is 1. The van der Waals surface area contributed by atoms with Crippen molar-refractivity contribution in [1.29, 1.82) is 0 Å². The predicted molar refractivity (Wildman–Crippen MR) is 76.1 cm³/mol. The molecule has 1 aliphatic rings. The molecule has 0 amide bonds. The molecule has 0 radical (unpaired) electrons. The van der Waals surface area contributed by atoms with Crippen molar-refractivity contribution in [2.24, 2.45) is 0 Å². The fraction of sp³-hybridized carbons (Fsp3) is 0.250. The molecular weight excluding hydrogens is 339 g/mol. The summed E-state index contributed by atoms with van der Waals surface area (Å²) in [5.41, 5.74) is 1.54. The summed E-state index contributed by atoms with van der Waals surface area (Å²) in [5, 5.41) is 4.03. The lowest BCUT2D eigenvalue weighted by molar-refractivity contribution is 0.816.